The molecule has 4 aromatic heterocycles. The van der Waals surface area contributed by atoms with Crippen molar-refractivity contribution in [3.05, 3.63) is 36.7 Å². The van der Waals surface area contributed by atoms with Gasteiger partial charge >= 0.3 is 0 Å². The van der Waals surface area contributed by atoms with E-state index in [-0.39, 0.29) is 24.4 Å². The van der Waals surface area contributed by atoms with Crippen molar-refractivity contribution in [1.29, 1.82) is 0 Å². The van der Waals surface area contributed by atoms with Gasteiger partial charge in [-0.3, -0.25) is 0 Å². The number of nitrogens with one attached hydrogen (secondary N) is 2. The second-order valence-electron chi connectivity index (χ2n) is 7.93. The number of imidazole rings is 1. The molecule has 0 spiro atoms. The van der Waals surface area contributed by atoms with Crippen LogP contribution in [-0.4, -0.2) is 61.9 Å². The smallest absolute Gasteiger partial charge is 0.228 e. The lowest BCUT2D eigenvalue weighted by molar-refractivity contribution is 0.00719. The fourth-order valence-corrected chi connectivity index (χ4v) is 4.35. The SMILES string of the molecule is COc1nc(NC2CCC(OCCO)CC2)nc2[nH]cc(-c3cc(F)c4nccn4c3)c12. The summed E-state index contributed by atoms with van der Waals surface area (Å²) in [6.45, 7) is 0.430. The number of aliphatic hydroxyl groups excluding tert-OH is 1. The third-order valence-corrected chi connectivity index (χ3v) is 5.90. The zero-order chi connectivity index (χ0) is 22.1. The Morgan fingerprint density at radius 3 is 2.91 bits per heavy atom. The van der Waals surface area contributed by atoms with Crippen LogP contribution in [0.2, 0.25) is 0 Å². The van der Waals surface area contributed by atoms with Gasteiger partial charge in [0.25, 0.3) is 0 Å². The summed E-state index contributed by atoms with van der Waals surface area (Å²) in [5.41, 5.74) is 2.31. The van der Waals surface area contributed by atoms with Crippen molar-refractivity contribution in [2.24, 2.45) is 0 Å². The maximum Gasteiger partial charge on any atom is 0.228 e. The van der Waals surface area contributed by atoms with E-state index in [1.165, 1.54) is 6.07 Å². The fraction of sp³-hybridized carbons (Fsp3) is 0.409. The molecule has 1 aliphatic carbocycles. The van der Waals surface area contributed by atoms with Crippen molar-refractivity contribution in [2.75, 3.05) is 25.6 Å². The first-order chi connectivity index (χ1) is 15.7. The summed E-state index contributed by atoms with van der Waals surface area (Å²) in [6.07, 6.45) is 10.8. The summed E-state index contributed by atoms with van der Waals surface area (Å²) < 4.78 is 27.3. The Labute approximate surface area is 183 Å². The standard InChI is InChI=1S/C22H25FN6O3/c1-31-21-18-16(13-10-17(23)20-24-6-7-29(20)12-13)11-25-19(18)27-22(28-21)26-14-2-4-15(5-3-14)32-9-8-30/h6-7,10-12,14-15,30H,2-5,8-9H2,1H3,(H2,25,26,27,28). The van der Waals surface area contributed by atoms with Gasteiger partial charge in [-0.15, -0.1) is 0 Å². The van der Waals surface area contributed by atoms with Gasteiger partial charge < -0.3 is 29.3 Å². The van der Waals surface area contributed by atoms with Crippen LogP contribution in [-0.2, 0) is 4.74 Å². The fourth-order valence-electron chi connectivity index (χ4n) is 4.35. The van der Waals surface area contributed by atoms with Crippen molar-refractivity contribution in [1.82, 2.24) is 24.3 Å². The highest BCUT2D eigenvalue weighted by Gasteiger charge is 2.23. The Bertz CT molecular complexity index is 1230. The molecule has 9 nitrogen and oxygen atoms in total. The molecule has 0 atom stereocenters. The summed E-state index contributed by atoms with van der Waals surface area (Å²) in [5, 5.41) is 13.0. The van der Waals surface area contributed by atoms with Crippen molar-refractivity contribution in [2.45, 2.75) is 37.8 Å². The minimum Gasteiger partial charge on any atom is -0.480 e. The Hall–Kier alpha value is -3.24. The Balaban J connectivity index is 1.41. The summed E-state index contributed by atoms with van der Waals surface area (Å²) in [4.78, 5) is 16.4. The first-order valence-electron chi connectivity index (χ1n) is 10.7. The normalized spacial score (nSPS) is 19.0. The largest absolute Gasteiger partial charge is 0.480 e. The van der Waals surface area contributed by atoms with E-state index in [1.807, 2.05) is 6.20 Å². The van der Waals surface area contributed by atoms with Crippen molar-refractivity contribution in [3.8, 4) is 17.0 Å². The number of ether oxygens (including phenoxy) is 2. The van der Waals surface area contributed by atoms with Crippen LogP contribution in [0.1, 0.15) is 25.7 Å². The number of hydrogen-bond acceptors (Lipinski definition) is 7. The van der Waals surface area contributed by atoms with Crippen LogP contribution >= 0.6 is 0 Å². The van der Waals surface area contributed by atoms with Crippen LogP contribution in [0, 0.1) is 5.82 Å². The van der Waals surface area contributed by atoms with Crippen LogP contribution in [0.5, 0.6) is 5.88 Å². The molecule has 0 aliphatic heterocycles. The molecule has 1 saturated carbocycles. The van der Waals surface area contributed by atoms with E-state index in [2.05, 4.69) is 25.3 Å². The van der Waals surface area contributed by atoms with Gasteiger partial charge in [-0.1, -0.05) is 0 Å². The Kier molecular flexibility index (Phi) is 5.62. The molecular weight excluding hydrogens is 415 g/mol. The van der Waals surface area contributed by atoms with E-state index in [0.717, 1.165) is 31.2 Å². The van der Waals surface area contributed by atoms with Gasteiger partial charge in [-0.05, 0) is 31.7 Å². The summed E-state index contributed by atoms with van der Waals surface area (Å²) in [7, 11) is 1.56. The lowest BCUT2D eigenvalue weighted by Gasteiger charge is -2.29. The number of nitrogens with zero attached hydrogens (tertiary/aromatic N) is 4. The van der Waals surface area contributed by atoms with E-state index < -0.39 is 5.82 Å². The minimum atomic E-state index is -0.404. The molecular formula is C22H25FN6O3. The molecule has 0 saturated heterocycles. The Morgan fingerprint density at radius 1 is 1.28 bits per heavy atom. The molecule has 4 aromatic rings. The summed E-state index contributed by atoms with van der Waals surface area (Å²) >= 11 is 0. The third-order valence-electron chi connectivity index (χ3n) is 5.90. The van der Waals surface area contributed by atoms with Gasteiger partial charge in [0.1, 0.15) is 5.65 Å². The highest BCUT2D eigenvalue weighted by atomic mass is 19.1. The average Bonchev–Trinajstić information content (AvgIpc) is 3.45. The number of pyridine rings is 1. The van der Waals surface area contributed by atoms with Crippen LogP contribution in [0.3, 0.4) is 0 Å². The number of aromatic amines is 1. The maximum atomic E-state index is 14.5. The highest BCUT2D eigenvalue weighted by molar-refractivity contribution is 5.97. The van der Waals surface area contributed by atoms with E-state index in [4.69, 9.17) is 14.6 Å². The van der Waals surface area contributed by atoms with Gasteiger partial charge in [-0.2, -0.15) is 9.97 Å². The van der Waals surface area contributed by atoms with Crippen LogP contribution in [0.25, 0.3) is 27.8 Å². The molecule has 0 aromatic carbocycles. The monoisotopic (exact) mass is 440 g/mol. The Morgan fingerprint density at radius 2 is 2.12 bits per heavy atom. The predicted molar refractivity (Wildman–Crippen MR) is 117 cm³/mol. The van der Waals surface area contributed by atoms with E-state index >= 15 is 0 Å². The van der Waals surface area contributed by atoms with Gasteiger partial charge in [0.05, 0.1) is 31.8 Å². The number of anilines is 1. The molecule has 0 amide bonds. The lowest BCUT2D eigenvalue weighted by atomic mass is 9.93. The lowest BCUT2D eigenvalue weighted by Crippen LogP contribution is -2.30. The number of aliphatic hydroxyl groups is 1. The molecule has 168 valence electrons. The second-order valence-corrected chi connectivity index (χ2v) is 7.93. The predicted octanol–water partition coefficient (Wildman–Crippen LogP) is 3.15. The van der Waals surface area contributed by atoms with Gasteiger partial charge in [-0.25, -0.2) is 9.37 Å². The maximum absolute atomic E-state index is 14.5. The molecule has 4 heterocycles. The van der Waals surface area contributed by atoms with Gasteiger partial charge in [0.2, 0.25) is 11.8 Å². The molecule has 3 N–H and O–H groups in total. The van der Waals surface area contributed by atoms with E-state index in [9.17, 15) is 4.39 Å². The zero-order valence-electron chi connectivity index (χ0n) is 17.7. The van der Waals surface area contributed by atoms with E-state index in [1.54, 1.807) is 30.1 Å². The average molecular weight is 440 g/mol. The van der Waals surface area contributed by atoms with Crippen molar-refractivity contribution >= 4 is 22.6 Å². The topological polar surface area (TPSA) is 110 Å². The summed E-state index contributed by atoms with van der Waals surface area (Å²) in [5.74, 6) is 0.497. The van der Waals surface area contributed by atoms with Crippen molar-refractivity contribution < 1.29 is 19.0 Å². The number of rotatable bonds is 7. The second kappa shape index (κ2) is 8.71. The number of halogens is 1. The number of methoxy groups -OCH3 is 1. The first kappa shape index (κ1) is 20.7. The number of H-pyrrole nitrogens is 1. The first-order valence-corrected chi connectivity index (χ1v) is 10.7. The molecule has 10 heteroatoms. The molecule has 0 bridgehead atoms. The number of hydrogen-bond donors (Lipinski definition) is 3. The van der Waals surface area contributed by atoms with Gasteiger partial charge in [0, 0.05) is 42.0 Å². The molecule has 5 rings (SSSR count). The highest BCUT2D eigenvalue weighted by Crippen LogP contribution is 2.35. The minimum absolute atomic E-state index is 0.0484. The van der Waals surface area contributed by atoms with Crippen LogP contribution in [0.15, 0.2) is 30.9 Å². The van der Waals surface area contributed by atoms with Crippen LogP contribution < -0.4 is 10.1 Å². The van der Waals surface area contributed by atoms with E-state index in [0.29, 0.717) is 35.0 Å². The molecule has 32 heavy (non-hydrogen) atoms. The molecule has 1 fully saturated rings. The molecule has 1 aliphatic rings. The quantitative estimate of drug-likeness (QED) is 0.405. The number of aromatic nitrogens is 5. The molecule has 0 unspecified atom stereocenters. The van der Waals surface area contributed by atoms with Crippen LogP contribution in [0.4, 0.5) is 10.3 Å². The zero-order valence-corrected chi connectivity index (χ0v) is 17.7. The number of fused-ring (bicyclic) bond motifs is 2. The summed E-state index contributed by atoms with van der Waals surface area (Å²) in [6, 6.07) is 1.69. The van der Waals surface area contributed by atoms with Crippen molar-refractivity contribution in [3.63, 3.8) is 0 Å². The van der Waals surface area contributed by atoms with Gasteiger partial charge in [0.15, 0.2) is 11.5 Å². The molecule has 0 radical (unpaired) electrons. The third kappa shape index (κ3) is 3.87.